The van der Waals surface area contributed by atoms with Gasteiger partial charge in [0, 0.05) is 32.4 Å². The molecular formula is C27H33N5O3. The minimum absolute atomic E-state index is 0.00625. The van der Waals surface area contributed by atoms with Gasteiger partial charge in [0.2, 0.25) is 11.8 Å². The second-order valence-electron chi connectivity index (χ2n) is 9.62. The number of hydrogen-bond donors (Lipinski definition) is 2. The third kappa shape index (κ3) is 6.07. The molecule has 0 radical (unpaired) electrons. The molecule has 0 saturated carbocycles. The summed E-state index contributed by atoms with van der Waals surface area (Å²) in [5.41, 5.74) is 1.45. The minimum atomic E-state index is -0.579. The van der Waals surface area contributed by atoms with Crippen molar-refractivity contribution in [3.8, 4) is 0 Å². The molecule has 1 aromatic heterocycles. The van der Waals surface area contributed by atoms with E-state index >= 15 is 0 Å². The number of carbonyl (C=O) groups excluding carboxylic acids is 3. The molecule has 184 valence electrons. The lowest BCUT2D eigenvalue weighted by atomic mass is 9.98. The number of amides is 3. The molecule has 0 bridgehead atoms. The van der Waals surface area contributed by atoms with E-state index in [0.29, 0.717) is 31.5 Å². The third-order valence-corrected chi connectivity index (χ3v) is 6.54. The number of carbonyl (C=O) groups is 3. The summed E-state index contributed by atoms with van der Waals surface area (Å²) in [6.07, 6.45) is 4.80. The highest BCUT2D eigenvalue weighted by atomic mass is 16.2. The van der Waals surface area contributed by atoms with E-state index in [1.165, 1.54) is 0 Å². The number of hydrogen-bond acceptors (Lipinski definition) is 4. The summed E-state index contributed by atoms with van der Waals surface area (Å²) < 4.78 is 1.59. The van der Waals surface area contributed by atoms with E-state index in [-0.39, 0.29) is 36.1 Å². The van der Waals surface area contributed by atoms with Gasteiger partial charge in [-0.1, -0.05) is 56.3 Å². The first-order chi connectivity index (χ1) is 16.8. The smallest absolute Gasteiger partial charge is 0.254 e. The normalized spacial score (nSPS) is 15.3. The molecule has 8 nitrogen and oxygen atoms in total. The molecule has 3 amide bonds. The molecule has 1 fully saturated rings. The van der Waals surface area contributed by atoms with Crippen LogP contribution in [0.15, 0.2) is 54.9 Å². The molecule has 4 rings (SSSR count). The fraction of sp³-hybridized carbons (Fsp3) is 0.407. The number of piperidine rings is 1. The van der Waals surface area contributed by atoms with E-state index in [4.69, 9.17) is 0 Å². The number of aromatic nitrogens is 2. The van der Waals surface area contributed by atoms with Crippen LogP contribution in [0.3, 0.4) is 0 Å². The predicted octanol–water partition coefficient (Wildman–Crippen LogP) is 2.68. The molecule has 3 aromatic rings. The highest BCUT2D eigenvalue weighted by Gasteiger charge is 2.31. The highest BCUT2D eigenvalue weighted by Crippen LogP contribution is 2.17. The van der Waals surface area contributed by atoms with Gasteiger partial charge in [0.15, 0.2) is 0 Å². The fourth-order valence-corrected chi connectivity index (χ4v) is 4.52. The SMILES string of the molecule is CC(C)C(NC(=O)Cc1ccc2ccccc2c1)C(=O)N1CCC(NC(=O)c2cnn(C)c2)CC1. The molecule has 1 aliphatic heterocycles. The van der Waals surface area contributed by atoms with Gasteiger partial charge in [0.05, 0.1) is 18.2 Å². The van der Waals surface area contributed by atoms with Crippen molar-refractivity contribution in [3.63, 3.8) is 0 Å². The molecular weight excluding hydrogens is 442 g/mol. The monoisotopic (exact) mass is 475 g/mol. The van der Waals surface area contributed by atoms with E-state index in [1.807, 2.05) is 56.3 Å². The van der Waals surface area contributed by atoms with Crippen LogP contribution in [-0.2, 0) is 23.1 Å². The summed E-state index contributed by atoms with van der Waals surface area (Å²) in [5.74, 6) is -0.412. The molecule has 1 aliphatic rings. The molecule has 2 heterocycles. The zero-order valence-corrected chi connectivity index (χ0v) is 20.5. The lowest BCUT2D eigenvalue weighted by molar-refractivity contribution is -0.138. The largest absolute Gasteiger partial charge is 0.349 e. The Morgan fingerprint density at radius 2 is 1.77 bits per heavy atom. The van der Waals surface area contributed by atoms with E-state index in [1.54, 1.807) is 29.0 Å². The quantitative estimate of drug-likeness (QED) is 0.549. The zero-order valence-electron chi connectivity index (χ0n) is 20.5. The summed E-state index contributed by atoms with van der Waals surface area (Å²) in [6, 6.07) is 13.5. The summed E-state index contributed by atoms with van der Waals surface area (Å²) >= 11 is 0. The first-order valence-electron chi connectivity index (χ1n) is 12.2. The van der Waals surface area contributed by atoms with Crippen molar-refractivity contribution >= 4 is 28.5 Å². The molecule has 35 heavy (non-hydrogen) atoms. The number of aryl methyl sites for hydroxylation is 1. The van der Waals surface area contributed by atoms with Crippen molar-refractivity contribution in [2.75, 3.05) is 13.1 Å². The Balaban J connectivity index is 1.31. The topological polar surface area (TPSA) is 96.3 Å². The van der Waals surface area contributed by atoms with Crippen LogP contribution in [0.5, 0.6) is 0 Å². The Hall–Kier alpha value is -3.68. The van der Waals surface area contributed by atoms with Crippen molar-refractivity contribution in [2.45, 2.75) is 45.2 Å². The van der Waals surface area contributed by atoms with Crippen LogP contribution in [0.1, 0.15) is 42.6 Å². The number of fused-ring (bicyclic) bond motifs is 1. The van der Waals surface area contributed by atoms with Gasteiger partial charge in [-0.15, -0.1) is 0 Å². The standard InChI is InChI=1S/C27H33N5O3/c1-18(2)25(30-24(33)15-19-8-9-20-6-4-5-7-21(20)14-19)27(35)32-12-10-23(11-13-32)29-26(34)22-16-28-31(3)17-22/h4-9,14,16-18,23,25H,10-13,15H2,1-3H3,(H,29,34)(H,30,33). The van der Waals surface area contributed by atoms with Crippen LogP contribution in [0.4, 0.5) is 0 Å². The summed E-state index contributed by atoms with van der Waals surface area (Å²) in [6.45, 7) is 4.97. The molecule has 0 spiro atoms. The van der Waals surface area contributed by atoms with Crippen LogP contribution in [-0.4, -0.2) is 57.6 Å². The summed E-state index contributed by atoms with van der Waals surface area (Å²) in [4.78, 5) is 40.3. The van der Waals surface area contributed by atoms with Gasteiger partial charge < -0.3 is 15.5 Å². The third-order valence-electron chi connectivity index (χ3n) is 6.54. The van der Waals surface area contributed by atoms with E-state index in [9.17, 15) is 14.4 Å². The van der Waals surface area contributed by atoms with Crippen molar-refractivity contribution in [1.29, 1.82) is 0 Å². The number of benzene rings is 2. The predicted molar refractivity (Wildman–Crippen MR) is 135 cm³/mol. The first-order valence-corrected chi connectivity index (χ1v) is 12.2. The Kier molecular flexibility index (Phi) is 7.48. The first kappa shape index (κ1) is 24.4. The number of rotatable bonds is 7. The van der Waals surface area contributed by atoms with Crippen LogP contribution >= 0.6 is 0 Å². The van der Waals surface area contributed by atoms with Gasteiger partial charge in [-0.05, 0) is 35.1 Å². The number of likely N-dealkylation sites (tertiary alicyclic amines) is 1. The maximum atomic E-state index is 13.3. The Morgan fingerprint density at radius 3 is 2.43 bits per heavy atom. The van der Waals surface area contributed by atoms with Crippen molar-refractivity contribution in [1.82, 2.24) is 25.3 Å². The molecule has 1 saturated heterocycles. The van der Waals surface area contributed by atoms with Crippen molar-refractivity contribution in [2.24, 2.45) is 13.0 Å². The van der Waals surface area contributed by atoms with Crippen LogP contribution in [0.25, 0.3) is 10.8 Å². The fourth-order valence-electron chi connectivity index (χ4n) is 4.52. The van der Waals surface area contributed by atoms with Gasteiger partial charge in [-0.3, -0.25) is 19.1 Å². The number of nitrogens with one attached hydrogen (secondary N) is 2. The lowest BCUT2D eigenvalue weighted by Crippen LogP contribution is -2.55. The second kappa shape index (κ2) is 10.7. The molecule has 8 heteroatoms. The van der Waals surface area contributed by atoms with Crippen LogP contribution in [0, 0.1) is 5.92 Å². The van der Waals surface area contributed by atoms with Gasteiger partial charge in [-0.25, -0.2) is 0 Å². The highest BCUT2D eigenvalue weighted by molar-refractivity contribution is 5.94. The molecule has 1 unspecified atom stereocenters. The van der Waals surface area contributed by atoms with E-state index < -0.39 is 6.04 Å². The van der Waals surface area contributed by atoms with E-state index in [0.717, 1.165) is 16.3 Å². The summed E-state index contributed by atoms with van der Waals surface area (Å²) in [7, 11) is 1.77. The second-order valence-corrected chi connectivity index (χ2v) is 9.62. The van der Waals surface area contributed by atoms with Crippen LogP contribution < -0.4 is 10.6 Å². The maximum Gasteiger partial charge on any atom is 0.254 e. The molecule has 0 aliphatic carbocycles. The molecule has 2 N–H and O–H groups in total. The number of nitrogens with zero attached hydrogens (tertiary/aromatic N) is 3. The van der Waals surface area contributed by atoms with E-state index in [2.05, 4.69) is 15.7 Å². The molecule has 1 atom stereocenters. The Morgan fingerprint density at radius 1 is 1.06 bits per heavy atom. The maximum absolute atomic E-state index is 13.3. The average molecular weight is 476 g/mol. The van der Waals surface area contributed by atoms with Gasteiger partial charge in [0.1, 0.15) is 6.04 Å². The van der Waals surface area contributed by atoms with Crippen molar-refractivity contribution < 1.29 is 14.4 Å². The summed E-state index contributed by atoms with van der Waals surface area (Å²) in [5, 5.41) is 12.3. The minimum Gasteiger partial charge on any atom is -0.349 e. The van der Waals surface area contributed by atoms with Gasteiger partial charge in [-0.2, -0.15) is 5.10 Å². The average Bonchev–Trinajstić information content (AvgIpc) is 3.29. The van der Waals surface area contributed by atoms with Crippen molar-refractivity contribution in [3.05, 3.63) is 66.0 Å². The Labute approximate surface area is 205 Å². The molecule has 2 aromatic carbocycles. The van der Waals surface area contributed by atoms with Crippen LogP contribution in [0.2, 0.25) is 0 Å². The van der Waals surface area contributed by atoms with Gasteiger partial charge >= 0.3 is 0 Å². The Bertz CT molecular complexity index is 1210. The van der Waals surface area contributed by atoms with Gasteiger partial charge in [0.25, 0.3) is 5.91 Å². The lowest BCUT2D eigenvalue weighted by Gasteiger charge is -2.35. The zero-order chi connectivity index (χ0) is 24.9.